The van der Waals surface area contributed by atoms with Gasteiger partial charge in [-0.2, -0.15) is 4.37 Å². The van der Waals surface area contributed by atoms with Gasteiger partial charge >= 0.3 is 0 Å². The predicted molar refractivity (Wildman–Crippen MR) is 155 cm³/mol. The molecule has 3 aromatic rings. The van der Waals surface area contributed by atoms with E-state index in [1.165, 1.54) is 19.1 Å². The second-order valence-electron chi connectivity index (χ2n) is 9.69. The molecule has 1 saturated carbocycles. The Hall–Kier alpha value is -4.12. The fourth-order valence-electron chi connectivity index (χ4n) is 4.98. The van der Waals surface area contributed by atoms with Gasteiger partial charge in [-0.05, 0) is 66.2 Å². The first kappa shape index (κ1) is 28.9. The molecule has 1 fully saturated rings. The molecule has 1 heterocycles. The van der Waals surface area contributed by atoms with E-state index in [1.807, 2.05) is 19.1 Å². The van der Waals surface area contributed by atoms with E-state index in [1.54, 1.807) is 30.3 Å². The number of aryl methyl sites for hydroxylation is 1. The van der Waals surface area contributed by atoms with Crippen LogP contribution in [0, 0.1) is 0 Å². The second-order valence-corrected chi connectivity index (χ2v) is 10.5. The van der Waals surface area contributed by atoms with Crippen LogP contribution in [0.25, 0.3) is 0 Å². The zero-order valence-electron chi connectivity index (χ0n) is 22.9. The molecule has 1 aliphatic rings. The fourth-order valence-corrected chi connectivity index (χ4v) is 5.72. The van der Waals surface area contributed by atoms with Gasteiger partial charge in [0.2, 0.25) is 5.91 Å². The van der Waals surface area contributed by atoms with Crippen LogP contribution in [0.5, 0.6) is 11.5 Å². The van der Waals surface area contributed by atoms with Crippen LogP contribution in [0.4, 0.5) is 11.4 Å². The Morgan fingerprint density at radius 3 is 2.30 bits per heavy atom. The minimum Gasteiger partial charge on any atom is -0.493 e. The Kier molecular flexibility index (Phi) is 9.26. The Bertz CT molecular complexity index is 1370. The van der Waals surface area contributed by atoms with Gasteiger partial charge in [0.15, 0.2) is 17.2 Å². The van der Waals surface area contributed by atoms with Gasteiger partial charge in [-0.1, -0.05) is 44.4 Å². The normalized spacial score (nSPS) is 14.3. The molecule has 0 aliphatic heterocycles. The minimum absolute atomic E-state index is 0.00162. The lowest BCUT2D eigenvalue weighted by molar-refractivity contribution is -0.123. The Balaban J connectivity index is 1.88. The topological polar surface area (TPSA) is 150 Å². The van der Waals surface area contributed by atoms with Crippen LogP contribution in [-0.2, 0) is 11.2 Å². The number of nitrogen functional groups attached to an aromatic ring is 1. The maximum Gasteiger partial charge on any atom is 0.273 e. The van der Waals surface area contributed by atoms with Crippen molar-refractivity contribution in [3.63, 3.8) is 0 Å². The maximum atomic E-state index is 14.3. The Morgan fingerprint density at radius 1 is 1.05 bits per heavy atom. The number of nitrogens with two attached hydrogens (primary N) is 2. The van der Waals surface area contributed by atoms with Crippen molar-refractivity contribution in [2.45, 2.75) is 57.5 Å². The number of benzene rings is 2. The van der Waals surface area contributed by atoms with Crippen molar-refractivity contribution in [2.75, 3.05) is 24.9 Å². The summed E-state index contributed by atoms with van der Waals surface area (Å²) >= 11 is 0.774. The lowest BCUT2D eigenvalue weighted by Crippen LogP contribution is -2.47. The number of nitrogens with one attached hydrogen (secondary N) is 1. The monoisotopic (exact) mass is 565 g/mol. The Morgan fingerprint density at radius 2 is 1.73 bits per heavy atom. The molecular formula is C29H35N5O5S. The number of aromatic nitrogens is 1. The molecule has 0 unspecified atom stereocenters. The minimum atomic E-state index is -1.10. The number of methoxy groups -OCH3 is 2. The molecule has 40 heavy (non-hydrogen) atoms. The highest BCUT2D eigenvalue weighted by atomic mass is 32.1. The molecule has 3 amide bonds. The summed E-state index contributed by atoms with van der Waals surface area (Å²) in [6, 6.07) is 11.4. The molecule has 11 heteroatoms. The van der Waals surface area contributed by atoms with E-state index in [9.17, 15) is 14.4 Å². The third kappa shape index (κ3) is 6.04. The zero-order valence-corrected chi connectivity index (χ0v) is 23.8. The summed E-state index contributed by atoms with van der Waals surface area (Å²) in [5.74, 6) is -0.855. The number of hydrogen-bond acceptors (Lipinski definition) is 8. The number of rotatable bonds is 10. The van der Waals surface area contributed by atoms with Crippen LogP contribution >= 0.6 is 11.5 Å². The number of carbonyl (C=O) groups excluding carboxylic acids is 3. The first-order valence-corrected chi connectivity index (χ1v) is 14.1. The zero-order chi connectivity index (χ0) is 28.8. The molecule has 5 N–H and O–H groups in total. The summed E-state index contributed by atoms with van der Waals surface area (Å²) in [6.07, 6.45) is 5.73. The highest BCUT2D eigenvalue weighted by molar-refractivity contribution is 7.09. The quantitative estimate of drug-likeness (QED) is 0.333. The summed E-state index contributed by atoms with van der Waals surface area (Å²) in [7, 11) is 3.04. The van der Waals surface area contributed by atoms with E-state index in [4.69, 9.17) is 20.9 Å². The summed E-state index contributed by atoms with van der Waals surface area (Å²) in [4.78, 5) is 41.7. The van der Waals surface area contributed by atoms with Gasteiger partial charge in [-0.15, -0.1) is 0 Å². The highest BCUT2D eigenvalue weighted by Gasteiger charge is 2.37. The SMILES string of the molecule is CCc1ccc(N(C(=O)c2snc(C(N)=O)c2N)[C@@H](C(=O)NC2CCCCC2)c2ccc(OC)c(OC)c2)cc1. The van der Waals surface area contributed by atoms with Gasteiger partial charge in [-0.25, -0.2) is 0 Å². The predicted octanol–water partition coefficient (Wildman–Crippen LogP) is 4.24. The third-order valence-corrected chi connectivity index (χ3v) is 8.03. The summed E-state index contributed by atoms with van der Waals surface area (Å²) < 4.78 is 15.0. The Labute approximate surface area is 237 Å². The van der Waals surface area contributed by atoms with Gasteiger partial charge in [0, 0.05) is 11.7 Å². The molecule has 0 bridgehead atoms. The lowest BCUT2D eigenvalue weighted by atomic mass is 9.94. The summed E-state index contributed by atoms with van der Waals surface area (Å²) in [6.45, 7) is 2.03. The number of primary amides is 1. The standard InChI is InChI=1S/C29H35N5O5S/c1-4-17-10-13-20(14-11-17)34(29(37)26-23(30)24(27(31)35)33-40-26)25(28(36)32-19-8-6-5-7-9-19)18-12-15-21(38-2)22(16-18)39-3/h10-16,19,25H,4-9,30H2,1-3H3,(H2,31,35)(H,32,36)/t25-/m1/s1. The van der Waals surface area contributed by atoms with Crippen molar-refractivity contribution in [3.8, 4) is 11.5 Å². The van der Waals surface area contributed by atoms with E-state index >= 15 is 0 Å². The second kappa shape index (κ2) is 12.8. The average molecular weight is 566 g/mol. The molecule has 2 aromatic carbocycles. The van der Waals surface area contributed by atoms with Crippen LogP contribution in [0.2, 0.25) is 0 Å². The molecule has 212 valence electrons. The van der Waals surface area contributed by atoms with Gasteiger partial charge in [0.1, 0.15) is 10.9 Å². The molecule has 10 nitrogen and oxygen atoms in total. The third-order valence-electron chi connectivity index (χ3n) is 7.18. The van der Waals surface area contributed by atoms with E-state index in [2.05, 4.69) is 9.69 Å². The van der Waals surface area contributed by atoms with Crippen LogP contribution in [-0.4, -0.2) is 42.4 Å². The van der Waals surface area contributed by atoms with Crippen LogP contribution in [0.15, 0.2) is 42.5 Å². The van der Waals surface area contributed by atoms with Crippen LogP contribution in [0.3, 0.4) is 0 Å². The number of hydrogen-bond donors (Lipinski definition) is 3. The molecule has 1 aromatic heterocycles. The first-order valence-electron chi connectivity index (χ1n) is 13.3. The molecule has 0 radical (unpaired) electrons. The average Bonchev–Trinajstić information content (AvgIpc) is 3.37. The van der Waals surface area contributed by atoms with Crippen LogP contribution in [0.1, 0.15) is 76.4 Å². The van der Waals surface area contributed by atoms with E-state index in [-0.39, 0.29) is 28.2 Å². The van der Waals surface area contributed by atoms with Gasteiger partial charge < -0.3 is 26.3 Å². The van der Waals surface area contributed by atoms with Crippen molar-refractivity contribution in [3.05, 3.63) is 64.2 Å². The number of ether oxygens (including phenoxy) is 2. The van der Waals surface area contributed by atoms with Gasteiger partial charge in [-0.3, -0.25) is 19.3 Å². The van der Waals surface area contributed by atoms with Crippen molar-refractivity contribution in [1.82, 2.24) is 9.69 Å². The molecule has 4 rings (SSSR count). The van der Waals surface area contributed by atoms with Crippen molar-refractivity contribution in [1.29, 1.82) is 0 Å². The first-order chi connectivity index (χ1) is 19.3. The number of nitrogens with zero attached hydrogens (tertiary/aromatic N) is 2. The fraction of sp³-hybridized carbons (Fsp3) is 0.379. The molecular weight excluding hydrogens is 530 g/mol. The summed E-state index contributed by atoms with van der Waals surface area (Å²) in [5.41, 5.74) is 13.4. The van der Waals surface area contributed by atoms with Crippen molar-refractivity contribution >= 4 is 40.6 Å². The molecule has 1 atom stereocenters. The van der Waals surface area contributed by atoms with E-state index in [0.717, 1.165) is 55.6 Å². The molecule has 0 spiro atoms. The molecule has 1 aliphatic carbocycles. The van der Waals surface area contributed by atoms with E-state index < -0.39 is 17.9 Å². The van der Waals surface area contributed by atoms with Crippen molar-refractivity contribution < 1.29 is 23.9 Å². The van der Waals surface area contributed by atoms with Gasteiger partial charge in [0.05, 0.1) is 19.9 Å². The lowest BCUT2D eigenvalue weighted by Gasteiger charge is -2.33. The maximum absolute atomic E-state index is 14.3. The largest absolute Gasteiger partial charge is 0.493 e. The highest BCUT2D eigenvalue weighted by Crippen LogP contribution is 2.37. The number of anilines is 2. The van der Waals surface area contributed by atoms with E-state index in [0.29, 0.717) is 22.7 Å². The van der Waals surface area contributed by atoms with Crippen LogP contribution < -0.4 is 31.2 Å². The number of amides is 3. The summed E-state index contributed by atoms with van der Waals surface area (Å²) in [5, 5.41) is 3.18. The molecule has 0 saturated heterocycles. The smallest absolute Gasteiger partial charge is 0.273 e. The number of carbonyl (C=O) groups is 3. The van der Waals surface area contributed by atoms with Gasteiger partial charge in [0.25, 0.3) is 11.8 Å². The van der Waals surface area contributed by atoms with Crippen molar-refractivity contribution in [2.24, 2.45) is 5.73 Å².